The number of benzene rings is 1. The van der Waals surface area contributed by atoms with E-state index in [2.05, 4.69) is 23.0 Å². The van der Waals surface area contributed by atoms with Crippen LogP contribution in [0.15, 0.2) is 24.3 Å². The first-order valence-electron chi connectivity index (χ1n) is 9.39. The van der Waals surface area contributed by atoms with E-state index in [9.17, 15) is 4.39 Å². The fourth-order valence-electron chi connectivity index (χ4n) is 3.66. The molecular weight excluding hydrogens is 319 g/mol. The highest BCUT2D eigenvalue weighted by molar-refractivity contribution is 7.98. The zero-order chi connectivity index (χ0) is 17.2. The monoisotopic (exact) mass is 352 g/mol. The molecule has 2 nitrogen and oxygen atoms in total. The number of likely N-dealkylation sites (tertiary alicyclic amines) is 1. The Labute approximate surface area is 151 Å². The fraction of sp³-hybridized carbons (Fsp3) is 0.700. The molecule has 0 bridgehead atoms. The van der Waals surface area contributed by atoms with E-state index in [1.165, 1.54) is 57.3 Å². The van der Waals surface area contributed by atoms with Crippen LogP contribution in [0, 0.1) is 11.7 Å². The van der Waals surface area contributed by atoms with Gasteiger partial charge >= 0.3 is 0 Å². The second-order valence-corrected chi connectivity index (χ2v) is 7.91. The van der Waals surface area contributed by atoms with E-state index in [0.29, 0.717) is 0 Å². The van der Waals surface area contributed by atoms with Crippen LogP contribution < -0.4 is 0 Å². The molecule has 1 aliphatic heterocycles. The van der Waals surface area contributed by atoms with Crippen molar-refractivity contribution in [2.75, 3.05) is 51.3 Å². The number of hydrogen-bond donors (Lipinski definition) is 0. The Hall–Kier alpha value is -0.580. The summed E-state index contributed by atoms with van der Waals surface area (Å²) in [5.41, 5.74) is 1.12. The Kier molecular flexibility index (Phi) is 9.14. The summed E-state index contributed by atoms with van der Waals surface area (Å²) in [6.45, 7) is 9.37. The maximum absolute atomic E-state index is 13.3. The summed E-state index contributed by atoms with van der Waals surface area (Å²) in [5.74, 6) is 1.94. The predicted molar refractivity (Wildman–Crippen MR) is 104 cm³/mol. The number of piperidine rings is 1. The molecule has 136 valence electrons. The summed E-state index contributed by atoms with van der Waals surface area (Å²) < 4.78 is 13.3. The lowest BCUT2D eigenvalue weighted by molar-refractivity contribution is 0.136. The van der Waals surface area contributed by atoms with Gasteiger partial charge in [-0.15, -0.1) is 0 Å². The molecule has 1 aliphatic rings. The van der Waals surface area contributed by atoms with Crippen molar-refractivity contribution in [2.24, 2.45) is 5.92 Å². The Morgan fingerprint density at radius 3 is 3.00 bits per heavy atom. The fourth-order valence-corrected chi connectivity index (χ4v) is 4.08. The number of nitrogens with zero attached hydrogens (tertiary/aromatic N) is 2. The van der Waals surface area contributed by atoms with Crippen LogP contribution in [0.25, 0.3) is 0 Å². The molecule has 1 fully saturated rings. The van der Waals surface area contributed by atoms with Crippen molar-refractivity contribution in [3.8, 4) is 0 Å². The molecule has 0 aromatic heterocycles. The Morgan fingerprint density at radius 2 is 2.25 bits per heavy atom. The van der Waals surface area contributed by atoms with E-state index in [0.717, 1.165) is 31.0 Å². The molecule has 1 saturated heterocycles. The van der Waals surface area contributed by atoms with Gasteiger partial charge in [0.1, 0.15) is 5.82 Å². The van der Waals surface area contributed by atoms with Crippen LogP contribution in [0.1, 0.15) is 31.7 Å². The molecule has 0 unspecified atom stereocenters. The normalized spacial score (nSPS) is 19.1. The lowest BCUT2D eigenvalue weighted by atomic mass is 9.97. The molecule has 0 spiro atoms. The van der Waals surface area contributed by atoms with Crippen LogP contribution in [0.3, 0.4) is 0 Å². The summed E-state index contributed by atoms with van der Waals surface area (Å²) in [6, 6.07) is 7.05. The highest BCUT2D eigenvalue weighted by Crippen LogP contribution is 2.18. The predicted octanol–water partition coefficient (Wildman–Crippen LogP) is 4.16. The van der Waals surface area contributed by atoms with Gasteiger partial charge in [-0.2, -0.15) is 11.8 Å². The third-order valence-corrected chi connectivity index (χ3v) is 5.69. The van der Waals surface area contributed by atoms with E-state index >= 15 is 0 Å². The summed E-state index contributed by atoms with van der Waals surface area (Å²) in [5, 5.41) is 0. The third kappa shape index (κ3) is 7.12. The molecule has 1 aromatic rings. The molecule has 0 N–H and O–H groups in total. The van der Waals surface area contributed by atoms with Gasteiger partial charge in [-0.3, -0.25) is 0 Å². The average Bonchev–Trinajstić information content (AvgIpc) is 2.60. The van der Waals surface area contributed by atoms with Crippen molar-refractivity contribution in [2.45, 2.75) is 32.6 Å². The molecule has 0 radical (unpaired) electrons. The zero-order valence-electron chi connectivity index (χ0n) is 15.3. The maximum atomic E-state index is 13.3. The van der Waals surface area contributed by atoms with Gasteiger partial charge in [-0.1, -0.05) is 19.1 Å². The minimum Gasteiger partial charge on any atom is -0.303 e. The summed E-state index contributed by atoms with van der Waals surface area (Å²) >= 11 is 1.94. The molecule has 1 heterocycles. The van der Waals surface area contributed by atoms with Crippen LogP contribution >= 0.6 is 11.8 Å². The lowest BCUT2D eigenvalue weighted by Crippen LogP contribution is -2.42. The molecule has 4 heteroatoms. The van der Waals surface area contributed by atoms with Crippen molar-refractivity contribution in [1.82, 2.24) is 9.80 Å². The van der Waals surface area contributed by atoms with E-state index in [1.54, 1.807) is 6.07 Å². The molecule has 0 amide bonds. The average molecular weight is 353 g/mol. The van der Waals surface area contributed by atoms with Crippen molar-refractivity contribution >= 4 is 11.8 Å². The van der Waals surface area contributed by atoms with E-state index in [4.69, 9.17) is 0 Å². The number of halogens is 1. The molecule has 1 aromatic carbocycles. The Bertz CT molecular complexity index is 469. The Morgan fingerprint density at radius 1 is 1.38 bits per heavy atom. The van der Waals surface area contributed by atoms with Crippen LogP contribution in [0.2, 0.25) is 0 Å². The van der Waals surface area contributed by atoms with Crippen molar-refractivity contribution in [3.05, 3.63) is 35.6 Å². The molecule has 0 saturated carbocycles. The minimum absolute atomic E-state index is 0.118. The quantitative estimate of drug-likeness (QED) is 0.584. The molecule has 1 atom stereocenters. The van der Waals surface area contributed by atoms with Crippen LogP contribution in [0.4, 0.5) is 4.39 Å². The van der Waals surface area contributed by atoms with Crippen molar-refractivity contribution in [1.29, 1.82) is 0 Å². The van der Waals surface area contributed by atoms with E-state index < -0.39 is 0 Å². The van der Waals surface area contributed by atoms with E-state index in [1.807, 2.05) is 23.9 Å². The first-order chi connectivity index (χ1) is 11.7. The third-order valence-electron chi connectivity index (χ3n) is 5.00. The minimum atomic E-state index is -0.118. The van der Waals surface area contributed by atoms with Gasteiger partial charge in [-0.25, -0.2) is 4.39 Å². The summed E-state index contributed by atoms with van der Waals surface area (Å²) in [6.07, 6.45) is 7.10. The van der Waals surface area contributed by atoms with Crippen molar-refractivity contribution in [3.63, 3.8) is 0 Å². The molecule has 24 heavy (non-hydrogen) atoms. The van der Waals surface area contributed by atoms with Crippen LogP contribution in [0.5, 0.6) is 0 Å². The SMILES string of the molecule is CCN(CCCSC)C[C@H]1CCCN(CCc2cccc(F)c2)C1. The highest BCUT2D eigenvalue weighted by atomic mass is 32.2. The molecular formula is C20H33FN2S. The number of rotatable bonds is 10. The topological polar surface area (TPSA) is 6.48 Å². The Balaban J connectivity index is 1.74. The van der Waals surface area contributed by atoms with Gasteiger partial charge in [0.2, 0.25) is 0 Å². The largest absolute Gasteiger partial charge is 0.303 e. The number of hydrogen-bond acceptors (Lipinski definition) is 3. The van der Waals surface area contributed by atoms with E-state index in [-0.39, 0.29) is 5.82 Å². The second kappa shape index (κ2) is 11.1. The molecule has 2 rings (SSSR count). The van der Waals surface area contributed by atoms with Gasteiger partial charge in [0.05, 0.1) is 0 Å². The van der Waals surface area contributed by atoms with Gasteiger partial charge in [0, 0.05) is 19.6 Å². The first kappa shape index (κ1) is 19.7. The standard InChI is InChI=1S/C20H33FN2S/c1-3-22(12-6-14-24-2)16-19-8-5-11-23(17-19)13-10-18-7-4-9-20(21)15-18/h4,7,9,15,19H,3,5-6,8,10-14,16-17H2,1-2H3/t19-/m1/s1. The summed E-state index contributed by atoms with van der Waals surface area (Å²) in [7, 11) is 0. The smallest absolute Gasteiger partial charge is 0.123 e. The highest BCUT2D eigenvalue weighted by Gasteiger charge is 2.21. The molecule has 0 aliphatic carbocycles. The summed E-state index contributed by atoms with van der Waals surface area (Å²) in [4.78, 5) is 5.20. The zero-order valence-corrected chi connectivity index (χ0v) is 16.2. The maximum Gasteiger partial charge on any atom is 0.123 e. The van der Waals surface area contributed by atoms with Crippen LogP contribution in [-0.4, -0.2) is 61.1 Å². The van der Waals surface area contributed by atoms with Crippen molar-refractivity contribution < 1.29 is 4.39 Å². The van der Waals surface area contributed by atoms with Crippen LogP contribution in [-0.2, 0) is 6.42 Å². The van der Waals surface area contributed by atoms with Gasteiger partial charge in [0.25, 0.3) is 0 Å². The number of thioether (sulfide) groups is 1. The first-order valence-corrected chi connectivity index (χ1v) is 10.8. The lowest BCUT2D eigenvalue weighted by Gasteiger charge is -2.35. The van der Waals surface area contributed by atoms with Gasteiger partial charge in [0.15, 0.2) is 0 Å². The second-order valence-electron chi connectivity index (χ2n) is 6.93. The van der Waals surface area contributed by atoms with Gasteiger partial charge in [-0.05, 0) is 80.9 Å². The van der Waals surface area contributed by atoms with Gasteiger partial charge < -0.3 is 9.80 Å².